The summed E-state index contributed by atoms with van der Waals surface area (Å²) in [5, 5.41) is 13.2. The number of aliphatic hydroxyl groups excluding tert-OH is 1. The molecule has 7 heteroatoms. The van der Waals surface area contributed by atoms with Gasteiger partial charge in [-0.05, 0) is 24.8 Å². The molecule has 1 amide bonds. The van der Waals surface area contributed by atoms with E-state index in [0.29, 0.717) is 24.8 Å². The van der Waals surface area contributed by atoms with Crippen molar-refractivity contribution >= 4 is 5.91 Å². The summed E-state index contributed by atoms with van der Waals surface area (Å²) in [5.41, 5.74) is 7.93. The summed E-state index contributed by atoms with van der Waals surface area (Å²) in [5.74, 6) is 0.903. The molecule has 3 rings (SSSR count). The Bertz CT molecular complexity index is 821. The Labute approximate surface area is 191 Å². The van der Waals surface area contributed by atoms with Crippen LogP contribution < -0.4 is 5.73 Å². The zero-order valence-electron chi connectivity index (χ0n) is 19.3. The van der Waals surface area contributed by atoms with E-state index in [1.807, 2.05) is 0 Å². The molecule has 0 saturated carbocycles. The monoisotopic (exact) mass is 442 g/mol. The van der Waals surface area contributed by atoms with E-state index in [-0.39, 0.29) is 18.4 Å². The van der Waals surface area contributed by atoms with Crippen molar-refractivity contribution in [1.29, 1.82) is 0 Å². The van der Waals surface area contributed by atoms with Gasteiger partial charge in [-0.2, -0.15) is 4.98 Å². The second-order valence-corrected chi connectivity index (χ2v) is 8.94. The number of rotatable bonds is 13. The summed E-state index contributed by atoms with van der Waals surface area (Å²) in [6, 6.07) is 7.55. The SMILES string of the molecule is CCCCCCCCCCc1ccc(-c2noc([C@@H]3CCN(C(=O)[C@@H](N)CO)C3)n2)cc1. The molecule has 1 aromatic heterocycles. The number of benzene rings is 1. The Balaban J connectivity index is 1.44. The lowest BCUT2D eigenvalue weighted by Gasteiger charge is -2.18. The Morgan fingerprint density at radius 2 is 1.84 bits per heavy atom. The van der Waals surface area contributed by atoms with E-state index in [0.717, 1.165) is 18.4 Å². The van der Waals surface area contributed by atoms with Crippen molar-refractivity contribution in [3.63, 3.8) is 0 Å². The predicted molar refractivity (Wildman–Crippen MR) is 125 cm³/mol. The van der Waals surface area contributed by atoms with Crippen molar-refractivity contribution < 1.29 is 14.4 Å². The van der Waals surface area contributed by atoms with Crippen molar-refractivity contribution in [2.45, 2.75) is 83.1 Å². The number of aliphatic hydroxyl groups is 1. The van der Waals surface area contributed by atoms with Gasteiger partial charge in [-0.25, -0.2) is 0 Å². The lowest BCUT2D eigenvalue weighted by atomic mass is 10.0. The molecule has 7 nitrogen and oxygen atoms in total. The van der Waals surface area contributed by atoms with Crippen LogP contribution in [0.4, 0.5) is 0 Å². The number of nitrogens with two attached hydrogens (primary N) is 1. The first kappa shape index (κ1) is 24.4. The summed E-state index contributed by atoms with van der Waals surface area (Å²) < 4.78 is 5.50. The van der Waals surface area contributed by atoms with E-state index in [9.17, 15) is 4.79 Å². The van der Waals surface area contributed by atoms with Crippen molar-refractivity contribution in [2.24, 2.45) is 5.73 Å². The topological polar surface area (TPSA) is 105 Å². The zero-order valence-corrected chi connectivity index (χ0v) is 19.3. The molecule has 0 radical (unpaired) electrons. The molecule has 2 atom stereocenters. The van der Waals surface area contributed by atoms with Gasteiger partial charge in [-0.3, -0.25) is 4.79 Å². The summed E-state index contributed by atoms with van der Waals surface area (Å²) in [6.07, 6.45) is 12.5. The van der Waals surface area contributed by atoms with Crippen LogP contribution in [0.15, 0.2) is 28.8 Å². The highest BCUT2D eigenvalue weighted by Crippen LogP contribution is 2.28. The third-order valence-electron chi connectivity index (χ3n) is 6.34. The minimum absolute atomic E-state index is 0.00680. The number of carbonyl (C=O) groups is 1. The number of likely N-dealkylation sites (tertiary alicyclic amines) is 1. The lowest BCUT2D eigenvalue weighted by molar-refractivity contribution is -0.132. The van der Waals surface area contributed by atoms with Crippen LogP contribution in [-0.2, 0) is 11.2 Å². The van der Waals surface area contributed by atoms with Crippen LogP contribution in [0.5, 0.6) is 0 Å². The van der Waals surface area contributed by atoms with Gasteiger partial charge >= 0.3 is 0 Å². The Morgan fingerprint density at radius 3 is 2.53 bits per heavy atom. The van der Waals surface area contributed by atoms with Gasteiger partial charge in [0.15, 0.2) is 0 Å². The van der Waals surface area contributed by atoms with Gasteiger partial charge in [-0.15, -0.1) is 0 Å². The Hall–Kier alpha value is -2.25. The quantitative estimate of drug-likeness (QED) is 0.453. The van der Waals surface area contributed by atoms with Crippen molar-refractivity contribution in [3.05, 3.63) is 35.7 Å². The number of unbranched alkanes of at least 4 members (excludes halogenated alkanes) is 7. The van der Waals surface area contributed by atoms with Gasteiger partial charge in [0.2, 0.25) is 17.6 Å². The second kappa shape index (κ2) is 12.7. The summed E-state index contributed by atoms with van der Waals surface area (Å²) in [6.45, 7) is 2.99. The maximum Gasteiger partial charge on any atom is 0.241 e. The molecule has 1 aliphatic rings. The minimum Gasteiger partial charge on any atom is -0.394 e. The molecular weight excluding hydrogens is 404 g/mol. The van der Waals surface area contributed by atoms with Gasteiger partial charge in [0.05, 0.1) is 12.5 Å². The smallest absolute Gasteiger partial charge is 0.241 e. The average molecular weight is 443 g/mol. The average Bonchev–Trinajstić information content (AvgIpc) is 3.50. The minimum atomic E-state index is -0.865. The number of hydrogen-bond donors (Lipinski definition) is 2. The van der Waals surface area contributed by atoms with E-state index in [1.165, 1.54) is 56.9 Å². The van der Waals surface area contributed by atoms with Crippen LogP contribution in [0.2, 0.25) is 0 Å². The van der Waals surface area contributed by atoms with E-state index in [1.54, 1.807) is 4.90 Å². The molecule has 0 spiro atoms. The van der Waals surface area contributed by atoms with Crippen LogP contribution in [0.1, 0.15) is 82.1 Å². The molecule has 0 aliphatic carbocycles. The maximum atomic E-state index is 12.2. The van der Waals surface area contributed by atoms with Crippen LogP contribution in [-0.4, -0.2) is 51.8 Å². The third-order valence-corrected chi connectivity index (χ3v) is 6.34. The number of carbonyl (C=O) groups excluding carboxylic acids is 1. The number of nitrogens with zero attached hydrogens (tertiary/aromatic N) is 3. The molecule has 1 aliphatic heterocycles. The molecule has 2 aromatic rings. The van der Waals surface area contributed by atoms with E-state index < -0.39 is 6.04 Å². The van der Waals surface area contributed by atoms with E-state index >= 15 is 0 Å². The molecule has 0 bridgehead atoms. The molecule has 1 aromatic carbocycles. The van der Waals surface area contributed by atoms with Gasteiger partial charge in [-0.1, -0.05) is 81.3 Å². The van der Waals surface area contributed by atoms with Crippen LogP contribution in [0.25, 0.3) is 11.4 Å². The van der Waals surface area contributed by atoms with E-state index in [2.05, 4.69) is 41.3 Å². The lowest BCUT2D eigenvalue weighted by Crippen LogP contribution is -2.44. The molecule has 176 valence electrons. The predicted octanol–water partition coefficient (Wildman–Crippen LogP) is 4.06. The fourth-order valence-electron chi connectivity index (χ4n) is 4.28. The van der Waals surface area contributed by atoms with Gasteiger partial charge in [0.25, 0.3) is 0 Å². The highest BCUT2D eigenvalue weighted by molar-refractivity contribution is 5.82. The van der Waals surface area contributed by atoms with Gasteiger partial charge in [0.1, 0.15) is 6.04 Å². The van der Waals surface area contributed by atoms with Gasteiger partial charge in [0, 0.05) is 18.7 Å². The van der Waals surface area contributed by atoms with Crippen molar-refractivity contribution in [2.75, 3.05) is 19.7 Å². The standard InChI is InChI=1S/C25H38N4O3/c1-2-3-4-5-6-7-8-9-10-19-11-13-20(14-12-19)23-27-24(32-28-23)21-15-16-29(17-21)25(31)22(26)18-30/h11-14,21-22,30H,2-10,15-18,26H2,1H3/t21-,22+/m1/s1. The molecule has 2 heterocycles. The van der Waals surface area contributed by atoms with Gasteiger partial charge < -0.3 is 20.3 Å². The first-order valence-corrected chi connectivity index (χ1v) is 12.2. The van der Waals surface area contributed by atoms with Crippen molar-refractivity contribution in [1.82, 2.24) is 15.0 Å². The van der Waals surface area contributed by atoms with E-state index in [4.69, 9.17) is 15.4 Å². The molecule has 1 fully saturated rings. The van der Waals surface area contributed by atoms with Crippen LogP contribution >= 0.6 is 0 Å². The summed E-state index contributed by atoms with van der Waals surface area (Å²) >= 11 is 0. The largest absolute Gasteiger partial charge is 0.394 e. The highest BCUT2D eigenvalue weighted by atomic mass is 16.5. The first-order chi connectivity index (χ1) is 15.6. The molecule has 3 N–H and O–H groups in total. The van der Waals surface area contributed by atoms with Crippen LogP contribution in [0, 0.1) is 0 Å². The molecule has 32 heavy (non-hydrogen) atoms. The fourth-order valence-corrected chi connectivity index (χ4v) is 4.28. The first-order valence-electron chi connectivity index (χ1n) is 12.2. The highest BCUT2D eigenvalue weighted by Gasteiger charge is 2.33. The Kier molecular flexibility index (Phi) is 9.68. The van der Waals surface area contributed by atoms with Crippen LogP contribution in [0.3, 0.4) is 0 Å². The number of aryl methyl sites for hydroxylation is 1. The van der Waals surface area contributed by atoms with Crippen molar-refractivity contribution in [3.8, 4) is 11.4 Å². The summed E-state index contributed by atoms with van der Waals surface area (Å²) in [7, 11) is 0. The number of hydrogen-bond acceptors (Lipinski definition) is 6. The maximum absolute atomic E-state index is 12.2. The zero-order chi connectivity index (χ0) is 22.8. The number of amides is 1. The molecule has 0 unspecified atom stereocenters. The second-order valence-electron chi connectivity index (χ2n) is 8.94. The number of aromatic nitrogens is 2. The third kappa shape index (κ3) is 6.87. The molecular formula is C25H38N4O3. The Morgan fingerprint density at radius 1 is 1.16 bits per heavy atom. The normalized spacial score (nSPS) is 17.1. The molecule has 1 saturated heterocycles. The fraction of sp³-hybridized carbons (Fsp3) is 0.640. The summed E-state index contributed by atoms with van der Waals surface area (Å²) in [4.78, 5) is 18.4.